The van der Waals surface area contributed by atoms with Gasteiger partial charge in [-0.25, -0.2) is 0 Å². The van der Waals surface area contributed by atoms with Crippen LogP contribution in [0.15, 0.2) is 125 Å². The van der Waals surface area contributed by atoms with Crippen LogP contribution in [-0.2, 0) is 0 Å². The Morgan fingerprint density at radius 2 is 1.35 bits per heavy atom. The highest BCUT2D eigenvalue weighted by molar-refractivity contribution is 7.99. The molecular formula is C33H23NOS2. The van der Waals surface area contributed by atoms with Crippen LogP contribution in [0.4, 0.5) is 11.4 Å². The van der Waals surface area contributed by atoms with Gasteiger partial charge in [-0.1, -0.05) is 108 Å². The second kappa shape index (κ2) is 9.81. The lowest BCUT2D eigenvalue weighted by atomic mass is 9.80. The molecule has 0 atom stereocenters. The number of para-hydroxylation sites is 1. The van der Waals surface area contributed by atoms with Crippen LogP contribution in [0.5, 0.6) is 0 Å². The van der Waals surface area contributed by atoms with Crippen LogP contribution in [-0.4, -0.2) is 10.6 Å². The van der Waals surface area contributed by atoms with Crippen molar-refractivity contribution in [3.63, 3.8) is 0 Å². The van der Waals surface area contributed by atoms with E-state index in [4.69, 9.17) is 12.2 Å². The van der Waals surface area contributed by atoms with Gasteiger partial charge in [0.15, 0.2) is 5.78 Å². The van der Waals surface area contributed by atoms with Gasteiger partial charge in [-0.15, -0.1) is 0 Å². The number of aryl methyl sites for hydroxylation is 1. The summed E-state index contributed by atoms with van der Waals surface area (Å²) in [5.41, 5.74) is 7.82. The Balaban J connectivity index is 1.54. The molecule has 5 aromatic rings. The maximum atomic E-state index is 14.4. The first-order valence-electron chi connectivity index (χ1n) is 12.1. The smallest absolute Gasteiger partial charge is 0.197 e. The number of nitrogens with one attached hydrogen (secondary N) is 1. The molecule has 4 heteroatoms. The molecule has 1 N–H and O–H groups in total. The largest absolute Gasteiger partial charge is 0.355 e. The van der Waals surface area contributed by atoms with Crippen LogP contribution in [0, 0.1) is 6.92 Å². The number of thiocarbonyl (C=S) groups is 1. The van der Waals surface area contributed by atoms with Crippen LogP contribution in [0.2, 0.25) is 0 Å². The van der Waals surface area contributed by atoms with Gasteiger partial charge in [-0.2, -0.15) is 0 Å². The first-order valence-corrected chi connectivity index (χ1v) is 13.3. The number of hydrogen-bond acceptors (Lipinski definition) is 4. The second-order valence-electron chi connectivity index (χ2n) is 9.02. The molecule has 5 aromatic carbocycles. The van der Waals surface area contributed by atoms with Crippen LogP contribution in [0.1, 0.15) is 32.6 Å². The first kappa shape index (κ1) is 23.4. The van der Waals surface area contributed by atoms with Crippen molar-refractivity contribution < 1.29 is 4.79 Å². The topological polar surface area (TPSA) is 29.1 Å². The minimum atomic E-state index is -0.00924. The minimum absolute atomic E-state index is 0.00924. The highest BCUT2D eigenvalue weighted by atomic mass is 32.2. The average molecular weight is 514 g/mol. The molecule has 6 rings (SSSR count). The lowest BCUT2D eigenvalue weighted by Gasteiger charge is -2.26. The molecule has 0 bridgehead atoms. The zero-order valence-corrected chi connectivity index (χ0v) is 21.8. The van der Waals surface area contributed by atoms with E-state index in [-0.39, 0.29) is 5.78 Å². The van der Waals surface area contributed by atoms with E-state index >= 15 is 0 Å². The maximum absolute atomic E-state index is 14.4. The molecule has 0 saturated heterocycles. The zero-order chi connectivity index (χ0) is 25.4. The van der Waals surface area contributed by atoms with Gasteiger partial charge >= 0.3 is 0 Å². The summed E-state index contributed by atoms with van der Waals surface area (Å²) >= 11 is 7.73. The summed E-state index contributed by atoms with van der Waals surface area (Å²) in [6, 6.07) is 38.5. The van der Waals surface area contributed by atoms with E-state index in [1.807, 2.05) is 72.8 Å². The monoisotopic (exact) mass is 513 g/mol. The van der Waals surface area contributed by atoms with Gasteiger partial charge in [0.2, 0.25) is 0 Å². The quantitative estimate of drug-likeness (QED) is 0.233. The Labute approximate surface area is 226 Å². The van der Waals surface area contributed by atoms with E-state index in [0.717, 1.165) is 43.4 Å². The predicted molar refractivity (Wildman–Crippen MR) is 158 cm³/mol. The molecule has 0 unspecified atom stereocenters. The number of hydrogen-bond donors (Lipinski definition) is 1. The normalized spacial score (nSPS) is 12.1. The standard InChI is InChI=1S/C33H23NOS2/c1-21-15-17-24(18-16-21)37-28-14-8-13-26-29(28)32(35)31-27(34-23-11-6-3-7-12-23)20-19-25(30(31)33(26)36)22-9-4-2-5-10-22/h2-20,34H,1H3. The fraction of sp³-hybridized carbons (Fsp3) is 0.0303. The van der Waals surface area contributed by atoms with Gasteiger partial charge in [0, 0.05) is 32.2 Å². The van der Waals surface area contributed by atoms with E-state index in [9.17, 15) is 4.79 Å². The molecule has 0 heterocycles. The molecule has 2 nitrogen and oxygen atoms in total. The van der Waals surface area contributed by atoms with E-state index in [0.29, 0.717) is 16.0 Å². The Kier molecular flexibility index (Phi) is 6.21. The number of anilines is 2. The van der Waals surface area contributed by atoms with Crippen LogP contribution >= 0.6 is 24.0 Å². The number of ketones is 1. The molecule has 1 aliphatic rings. The van der Waals surface area contributed by atoms with Crippen molar-refractivity contribution in [2.24, 2.45) is 0 Å². The highest BCUT2D eigenvalue weighted by Gasteiger charge is 2.34. The van der Waals surface area contributed by atoms with Crippen LogP contribution in [0.25, 0.3) is 11.1 Å². The molecule has 0 fully saturated rings. The van der Waals surface area contributed by atoms with Crippen molar-refractivity contribution >= 4 is 46.0 Å². The number of carbonyl (C=O) groups excluding carboxylic acids is 1. The first-order chi connectivity index (χ1) is 18.1. The Hall–Kier alpha value is -3.99. The summed E-state index contributed by atoms with van der Waals surface area (Å²) in [4.78, 5) is 17.1. The van der Waals surface area contributed by atoms with Crippen LogP contribution in [0.3, 0.4) is 0 Å². The molecule has 178 valence electrons. The Morgan fingerprint density at radius 1 is 0.649 bits per heavy atom. The third-order valence-corrected chi connectivity index (χ3v) is 8.04. The van der Waals surface area contributed by atoms with Gasteiger partial charge in [0.25, 0.3) is 0 Å². The van der Waals surface area contributed by atoms with E-state index < -0.39 is 0 Å². The number of carbonyl (C=O) groups is 1. The second-order valence-corrected chi connectivity index (χ2v) is 10.5. The fourth-order valence-corrected chi connectivity index (χ4v) is 6.11. The van der Waals surface area contributed by atoms with Crippen LogP contribution < -0.4 is 5.32 Å². The lowest BCUT2D eigenvalue weighted by molar-refractivity contribution is 0.103. The molecule has 0 saturated carbocycles. The summed E-state index contributed by atoms with van der Waals surface area (Å²) in [6.07, 6.45) is 0. The van der Waals surface area contributed by atoms with Gasteiger partial charge < -0.3 is 5.32 Å². The third-order valence-electron chi connectivity index (χ3n) is 6.54. The molecule has 0 aromatic heterocycles. The SMILES string of the molecule is Cc1ccc(Sc2cccc3c2C(=O)c2c(Nc4ccccc4)ccc(-c4ccccc4)c2C3=S)cc1. The average Bonchev–Trinajstić information content (AvgIpc) is 2.94. The fourth-order valence-electron chi connectivity index (χ4n) is 4.75. The van der Waals surface area contributed by atoms with Gasteiger partial charge in [-0.05, 0) is 54.4 Å². The number of benzene rings is 5. The molecule has 37 heavy (non-hydrogen) atoms. The molecule has 0 aliphatic heterocycles. The summed E-state index contributed by atoms with van der Waals surface area (Å²) in [7, 11) is 0. The van der Waals surface area contributed by atoms with E-state index in [2.05, 4.69) is 54.7 Å². The van der Waals surface area contributed by atoms with Gasteiger partial charge in [0.1, 0.15) is 0 Å². The lowest BCUT2D eigenvalue weighted by Crippen LogP contribution is -2.23. The predicted octanol–water partition coefficient (Wildman–Crippen LogP) is 8.87. The molecule has 0 amide bonds. The van der Waals surface area contributed by atoms with E-state index in [1.54, 1.807) is 11.8 Å². The third kappa shape index (κ3) is 4.39. The maximum Gasteiger partial charge on any atom is 0.197 e. The number of rotatable bonds is 5. The van der Waals surface area contributed by atoms with E-state index in [1.165, 1.54) is 5.56 Å². The van der Waals surface area contributed by atoms with Gasteiger partial charge in [-0.3, -0.25) is 4.79 Å². The van der Waals surface area contributed by atoms with Crippen molar-refractivity contribution in [1.29, 1.82) is 0 Å². The summed E-state index contributed by atoms with van der Waals surface area (Å²) in [5.74, 6) is -0.00924. The molecule has 0 radical (unpaired) electrons. The summed E-state index contributed by atoms with van der Waals surface area (Å²) in [6.45, 7) is 2.07. The number of fused-ring (bicyclic) bond motifs is 2. The Morgan fingerprint density at radius 3 is 2.08 bits per heavy atom. The highest BCUT2D eigenvalue weighted by Crippen LogP contribution is 2.43. The van der Waals surface area contributed by atoms with Crippen molar-refractivity contribution in [3.8, 4) is 11.1 Å². The van der Waals surface area contributed by atoms with Crippen molar-refractivity contribution in [2.75, 3.05) is 5.32 Å². The van der Waals surface area contributed by atoms with Gasteiger partial charge in [0.05, 0.1) is 16.1 Å². The zero-order valence-electron chi connectivity index (χ0n) is 20.2. The molecule has 1 aliphatic carbocycles. The molecule has 0 spiro atoms. The minimum Gasteiger partial charge on any atom is -0.355 e. The Bertz CT molecular complexity index is 1640. The summed E-state index contributed by atoms with van der Waals surface area (Å²) in [5, 5.41) is 3.48. The van der Waals surface area contributed by atoms with Crippen molar-refractivity contribution in [3.05, 3.63) is 143 Å². The van der Waals surface area contributed by atoms with Crippen molar-refractivity contribution in [2.45, 2.75) is 16.7 Å². The van der Waals surface area contributed by atoms with Crippen molar-refractivity contribution in [1.82, 2.24) is 0 Å². The summed E-state index contributed by atoms with van der Waals surface area (Å²) < 4.78 is 0. The molecular weight excluding hydrogens is 491 g/mol.